The summed E-state index contributed by atoms with van der Waals surface area (Å²) in [4.78, 5) is 14.0. The Morgan fingerprint density at radius 3 is 2.60 bits per heavy atom. The van der Waals surface area contributed by atoms with Crippen LogP contribution >= 0.6 is 0 Å². The van der Waals surface area contributed by atoms with Crippen molar-refractivity contribution in [2.75, 3.05) is 38.3 Å². The van der Waals surface area contributed by atoms with Crippen LogP contribution in [0.1, 0.15) is 24.8 Å². The van der Waals surface area contributed by atoms with Gasteiger partial charge in [0.2, 0.25) is 5.91 Å². The summed E-state index contributed by atoms with van der Waals surface area (Å²) in [6, 6.07) is 8.61. The van der Waals surface area contributed by atoms with E-state index in [1.807, 2.05) is 0 Å². The normalized spacial score (nSPS) is 14.6. The highest BCUT2D eigenvalue weighted by atomic mass is 16.5. The van der Waals surface area contributed by atoms with Crippen LogP contribution in [0.3, 0.4) is 0 Å². The zero-order valence-corrected chi connectivity index (χ0v) is 12.2. The van der Waals surface area contributed by atoms with E-state index >= 15 is 0 Å². The van der Waals surface area contributed by atoms with Crippen LogP contribution < -0.4 is 10.2 Å². The van der Waals surface area contributed by atoms with Gasteiger partial charge >= 0.3 is 0 Å². The van der Waals surface area contributed by atoms with E-state index in [0.717, 1.165) is 6.42 Å². The molecule has 0 bridgehead atoms. The van der Waals surface area contributed by atoms with Crippen LogP contribution in [0, 0.1) is 0 Å². The monoisotopic (exact) mass is 276 g/mol. The second-order valence-electron chi connectivity index (χ2n) is 5.20. The summed E-state index contributed by atoms with van der Waals surface area (Å²) in [6.45, 7) is 3.49. The number of anilines is 1. The number of carbonyl (C=O) groups excluding carboxylic acids is 1. The highest BCUT2D eigenvalue weighted by Crippen LogP contribution is 2.20. The molecule has 2 rings (SSSR count). The number of amides is 1. The summed E-state index contributed by atoms with van der Waals surface area (Å²) < 4.78 is 4.90. The van der Waals surface area contributed by atoms with Crippen molar-refractivity contribution < 1.29 is 9.53 Å². The van der Waals surface area contributed by atoms with Crippen LogP contribution in [0.4, 0.5) is 5.69 Å². The first-order chi connectivity index (χ1) is 9.79. The minimum Gasteiger partial charge on any atom is -0.383 e. The molecule has 1 aliphatic heterocycles. The topological polar surface area (TPSA) is 41.6 Å². The first kappa shape index (κ1) is 14.9. The Morgan fingerprint density at radius 2 is 1.95 bits per heavy atom. The van der Waals surface area contributed by atoms with Crippen LogP contribution in [0.15, 0.2) is 24.3 Å². The summed E-state index contributed by atoms with van der Waals surface area (Å²) in [5.41, 5.74) is 2.52. The molecule has 0 atom stereocenters. The fourth-order valence-electron chi connectivity index (χ4n) is 2.49. The molecule has 1 fully saturated rings. The molecule has 0 aliphatic carbocycles. The lowest BCUT2D eigenvalue weighted by Crippen LogP contribution is -2.27. The Hall–Kier alpha value is -1.55. The molecule has 0 radical (unpaired) electrons. The van der Waals surface area contributed by atoms with Crippen LogP contribution in [0.5, 0.6) is 0 Å². The van der Waals surface area contributed by atoms with E-state index in [0.29, 0.717) is 19.6 Å². The molecular weight excluding hydrogens is 252 g/mol. The highest BCUT2D eigenvalue weighted by molar-refractivity contribution is 5.76. The smallest absolute Gasteiger partial charge is 0.220 e. The Bertz CT molecular complexity index is 411. The Kier molecular flexibility index (Phi) is 5.87. The minimum atomic E-state index is 0.0886. The van der Waals surface area contributed by atoms with Gasteiger partial charge < -0.3 is 15.0 Å². The maximum Gasteiger partial charge on any atom is 0.220 e. The third kappa shape index (κ3) is 4.53. The lowest BCUT2D eigenvalue weighted by atomic mass is 10.1. The van der Waals surface area contributed by atoms with Crippen LogP contribution in [0.2, 0.25) is 0 Å². The minimum absolute atomic E-state index is 0.0886. The van der Waals surface area contributed by atoms with Crippen molar-refractivity contribution >= 4 is 11.6 Å². The van der Waals surface area contributed by atoms with Crippen molar-refractivity contribution in [3.05, 3.63) is 29.8 Å². The third-order valence-electron chi connectivity index (χ3n) is 3.68. The van der Waals surface area contributed by atoms with Crippen LogP contribution in [-0.2, 0) is 16.0 Å². The van der Waals surface area contributed by atoms with Gasteiger partial charge in [-0.1, -0.05) is 12.1 Å². The summed E-state index contributed by atoms with van der Waals surface area (Å²) in [5.74, 6) is 0.0886. The van der Waals surface area contributed by atoms with E-state index < -0.39 is 0 Å². The molecule has 0 unspecified atom stereocenters. The zero-order chi connectivity index (χ0) is 14.2. The van der Waals surface area contributed by atoms with E-state index in [2.05, 4.69) is 34.5 Å². The quantitative estimate of drug-likeness (QED) is 0.774. The first-order valence-electron chi connectivity index (χ1n) is 7.39. The van der Waals surface area contributed by atoms with Crippen LogP contribution in [0.25, 0.3) is 0 Å². The molecular formula is C16H24N2O2. The maximum absolute atomic E-state index is 11.6. The van der Waals surface area contributed by atoms with E-state index in [4.69, 9.17) is 4.74 Å². The predicted octanol–water partition coefficient (Wildman–Crippen LogP) is 1.98. The lowest BCUT2D eigenvalue weighted by molar-refractivity contribution is -0.121. The summed E-state index contributed by atoms with van der Waals surface area (Å²) >= 11 is 0. The van der Waals surface area contributed by atoms with E-state index in [9.17, 15) is 4.79 Å². The van der Waals surface area contributed by atoms with E-state index in [1.54, 1.807) is 7.11 Å². The molecule has 0 aromatic heterocycles. The van der Waals surface area contributed by atoms with Crippen molar-refractivity contribution in [1.82, 2.24) is 5.32 Å². The van der Waals surface area contributed by atoms with Crippen molar-refractivity contribution in [3.8, 4) is 0 Å². The van der Waals surface area contributed by atoms with Crippen LogP contribution in [-0.4, -0.2) is 39.3 Å². The average Bonchev–Trinajstić information content (AvgIpc) is 3.00. The molecule has 0 spiro atoms. The van der Waals surface area contributed by atoms with E-state index in [1.165, 1.54) is 37.2 Å². The number of rotatable bonds is 7. The number of nitrogens with zero attached hydrogens (tertiary/aromatic N) is 1. The molecule has 1 N–H and O–H groups in total. The van der Waals surface area contributed by atoms with Gasteiger partial charge in [0.05, 0.1) is 6.61 Å². The second-order valence-corrected chi connectivity index (χ2v) is 5.20. The Labute approximate surface area is 121 Å². The molecule has 0 saturated carbocycles. The number of ether oxygens (including phenoxy) is 1. The van der Waals surface area contributed by atoms with Crippen molar-refractivity contribution in [3.63, 3.8) is 0 Å². The standard InChI is InChI=1S/C16H24N2O2/c1-20-13-10-17-16(19)9-6-14-4-7-15(8-5-14)18-11-2-3-12-18/h4-5,7-8H,2-3,6,9-13H2,1H3,(H,17,19). The molecule has 1 aromatic rings. The third-order valence-corrected chi connectivity index (χ3v) is 3.68. The number of methoxy groups -OCH3 is 1. The molecule has 1 aromatic carbocycles. The molecule has 4 heteroatoms. The van der Waals surface area contributed by atoms with Gasteiger partial charge in [-0.05, 0) is 37.0 Å². The van der Waals surface area contributed by atoms with Gasteiger partial charge in [-0.15, -0.1) is 0 Å². The second kappa shape index (κ2) is 7.90. The van der Waals surface area contributed by atoms with E-state index in [-0.39, 0.29) is 5.91 Å². The molecule has 20 heavy (non-hydrogen) atoms. The number of nitrogens with one attached hydrogen (secondary N) is 1. The molecule has 4 nitrogen and oxygen atoms in total. The maximum atomic E-state index is 11.6. The molecule has 1 heterocycles. The fourth-order valence-corrected chi connectivity index (χ4v) is 2.49. The molecule has 110 valence electrons. The highest BCUT2D eigenvalue weighted by Gasteiger charge is 2.11. The number of hydrogen-bond donors (Lipinski definition) is 1. The van der Waals surface area contributed by atoms with Crippen molar-refractivity contribution in [2.45, 2.75) is 25.7 Å². The van der Waals surface area contributed by atoms with Gasteiger partial charge in [0.15, 0.2) is 0 Å². The van der Waals surface area contributed by atoms with Gasteiger partial charge in [0.25, 0.3) is 0 Å². The first-order valence-corrected chi connectivity index (χ1v) is 7.39. The SMILES string of the molecule is COCCNC(=O)CCc1ccc(N2CCCC2)cc1. The molecule has 1 aliphatic rings. The number of carbonyl (C=O) groups is 1. The predicted molar refractivity (Wildman–Crippen MR) is 81.1 cm³/mol. The number of benzene rings is 1. The lowest BCUT2D eigenvalue weighted by Gasteiger charge is -2.17. The fraction of sp³-hybridized carbons (Fsp3) is 0.562. The summed E-state index contributed by atoms with van der Waals surface area (Å²) in [5, 5.41) is 2.84. The van der Waals surface area contributed by atoms with Crippen molar-refractivity contribution in [1.29, 1.82) is 0 Å². The number of aryl methyl sites for hydroxylation is 1. The molecule has 1 saturated heterocycles. The summed E-state index contributed by atoms with van der Waals surface area (Å²) in [6.07, 6.45) is 3.92. The van der Waals surface area contributed by atoms with Gasteiger partial charge in [-0.2, -0.15) is 0 Å². The van der Waals surface area contributed by atoms with Gasteiger partial charge in [0.1, 0.15) is 0 Å². The largest absolute Gasteiger partial charge is 0.383 e. The summed E-state index contributed by atoms with van der Waals surface area (Å²) in [7, 11) is 1.63. The van der Waals surface area contributed by atoms with Crippen molar-refractivity contribution in [2.24, 2.45) is 0 Å². The Morgan fingerprint density at radius 1 is 1.25 bits per heavy atom. The average molecular weight is 276 g/mol. The molecule has 1 amide bonds. The van der Waals surface area contributed by atoms with Gasteiger partial charge in [0, 0.05) is 38.9 Å². The number of hydrogen-bond acceptors (Lipinski definition) is 3. The Balaban J connectivity index is 1.74. The van der Waals surface area contributed by atoms with Gasteiger partial charge in [-0.3, -0.25) is 4.79 Å². The van der Waals surface area contributed by atoms with Gasteiger partial charge in [-0.25, -0.2) is 0 Å². The zero-order valence-electron chi connectivity index (χ0n) is 12.2.